The standard InChI is InChI=1S/C23H25F3N2O3/c1-4-18-14-22(30,23(24,25)26)28(27-18)20(29)15-31-19-12-10-17(11-13-19)21(2,3)16-8-6-5-7-9-16/h5-13,30H,4,14-15H2,1-3H3/t22-/m0/s1. The number of aliphatic hydroxyl groups is 1. The van der Waals surface area contributed by atoms with Crippen molar-refractivity contribution in [1.82, 2.24) is 5.01 Å². The van der Waals surface area contributed by atoms with Gasteiger partial charge in [-0.05, 0) is 29.7 Å². The molecule has 31 heavy (non-hydrogen) atoms. The largest absolute Gasteiger partial charge is 0.484 e. The van der Waals surface area contributed by atoms with Gasteiger partial charge in [-0.2, -0.15) is 23.3 Å². The van der Waals surface area contributed by atoms with Crippen LogP contribution in [0.25, 0.3) is 0 Å². The highest BCUT2D eigenvalue weighted by molar-refractivity contribution is 5.91. The monoisotopic (exact) mass is 434 g/mol. The van der Waals surface area contributed by atoms with E-state index in [4.69, 9.17) is 4.74 Å². The highest BCUT2D eigenvalue weighted by Gasteiger charge is 2.62. The predicted molar refractivity (Wildman–Crippen MR) is 111 cm³/mol. The van der Waals surface area contributed by atoms with Crippen LogP contribution in [0.15, 0.2) is 59.7 Å². The summed E-state index contributed by atoms with van der Waals surface area (Å²) >= 11 is 0. The van der Waals surface area contributed by atoms with Gasteiger partial charge in [-0.1, -0.05) is 63.2 Å². The van der Waals surface area contributed by atoms with E-state index in [1.54, 1.807) is 19.1 Å². The van der Waals surface area contributed by atoms with Gasteiger partial charge in [-0.25, -0.2) is 0 Å². The van der Waals surface area contributed by atoms with Crippen molar-refractivity contribution in [3.05, 3.63) is 65.7 Å². The van der Waals surface area contributed by atoms with E-state index in [-0.39, 0.29) is 22.6 Å². The van der Waals surface area contributed by atoms with Crippen LogP contribution in [-0.4, -0.2) is 40.2 Å². The van der Waals surface area contributed by atoms with E-state index in [1.807, 2.05) is 42.5 Å². The maximum Gasteiger partial charge on any atom is 0.438 e. The molecule has 0 saturated carbocycles. The molecule has 1 heterocycles. The van der Waals surface area contributed by atoms with Crippen molar-refractivity contribution < 1.29 is 27.8 Å². The van der Waals surface area contributed by atoms with Crippen molar-refractivity contribution >= 4 is 11.6 Å². The number of halogens is 3. The van der Waals surface area contributed by atoms with Crippen molar-refractivity contribution in [3.63, 3.8) is 0 Å². The van der Waals surface area contributed by atoms with E-state index in [0.29, 0.717) is 5.75 Å². The lowest BCUT2D eigenvalue weighted by Gasteiger charge is -2.32. The minimum Gasteiger partial charge on any atom is -0.484 e. The van der Waals surface area contributed by atoms with Crippen LogP contribution < -0.4 is 4.74 Å². The minimum atomic E-state index is -5.03. The first-order chi connectivity index (χ1) is 14.5. The Morgan fingerprint density at radius 2 is 1.68 bits per heavy atom. The molecule has 5 nitrogen and oxygen atoms in total. The first-order valence-corrected chi connectivity index (χ1v) is 9.96. The second-order valence-corrected chi connectivity index (χ2v) is 8.02. The third kappa shape index (κ3) is 4.44. The van der Waals surface area contributed by atoms with Crippen molar-refractivity contribution in [3.8, 4) is 5.75 Å². The van der Waals surface area contributed by atoms with E-state index < -0.39 is 30.8 Å². The Labute approximate surface area is 179 Å². The Balaban J connectivity index is 1.70. The van der Waals surface area contributed by atoms with Gasteiger partial charge >= 0.3 is 6.18 Å². The van der Waals surface area contributed by atoms with Crippen molar-refractivity contribution in [2.24, 2.45) is 5.10 Å². The predicted octanol–water partition coefficient (Wildman–Crippen LogP) is 4.64. The van der Waals surface area contributed by atoms with Crippen LogP contribution in [0.2, 0.25) is 0 Å². The van der Waals surface area contributed by atoms with Crippen LogP contribution in [0.3, 0.4) is 0 Å². The third-order valence-electron chi connectivity index (χ3n) is 5.57. The number of carbonyl (C=O) groups is 1. The van der Waals surface area contributed by atoms with Crippen molar-refractivity contribution in [1.29, 1.82) is 0 Å². The van der Waals surface area contributed by atoms with Crippen LogP contribution in [0.4, 0.5) is 13.2 Å². The molecule has 0 radical (unpaired) electrons. The summed E-state index contributed by atoms with van der Waals surface area (Å²) in [5.41, 5.74) is -1.37. The molecule has 1 atom stereocenters. The van der Waals surface area contributed by atoms with E-state index >= 15 is 0 Å². The summed E-state index contributed by atoms with van der Waals surface area (Å²) < 4.78 is 45.5. The Kier molecular flexibility index (Phi) is 6.14. The van der Waals surface area contributed by atoms with Gasteiger partial charge < -0.3 is 9.84 Å². The molecule has 0 fully saturated rings. The molecule has 8 heteroatoms. The fourth-order valence-corrected chi connectivity index (χ4v) is 3.49. The lowest BCUT2D eigenvalue weighted by molar-refractivity contribution is -0.302. The zero-order chi connectivity index (χ0) is 22.9. The molecule has 1 aliphatic heterocycles. The molecule has 166 valence electrons. The molecule has 2 aromatic rings. The lowest BCUT2D eigenvalue weighted by Crippen LogP contribution is -2.57. The van der Waals surface area contributed by atoms with Crippen molar-refractivity contribution in [2.45, 2.75) is 50.9 Å². The maximum absolute atomic E-state index is 13.4. The summed E-state index contributed by atoms with van der Waals surface area (Å²) in [5, 5.41) is 13.9. The number of ether oxygens (including phenoxy) is 1. The molecule has 0 bridgehead atoms. The van der Waals surface area contributed by atoms with E-state index in [9.17, 15) is 23.1 Å². The highest BCUT2D eigenvalue weighted by Crippen LogP contribution is 2.40. The normalized spacial score (nSPS) is 19.3. The van der Waals surface area contributed by atoms with Gasteiger partial charge in [0.05, 0.1) is 0 Å². The number of rotatable bonds is 6. The number of carbonyl (C=O) groups excluding carboxylic acids is 1. The Morgan fingerprint density at radius 3 is 2.23 bits per heavy atom. The topological polar surface area (TPSA) is 62.1 Å². The molecule has 3 rings (SSSR count). The van der Waals surface area contributed by atoms with Gasteiger partial charge in [-0.15, -0.1) is 0 Å². The molecular weight excluding hydrogens is 409 g/mol. The van der Waals surface area contributed by atoms with Gasteiger partial charge in [0.15, 0.2) is 6.61 Å². The Hall–Kier alpha value is -2.87. The lowest BCUT2D eigenvalue weighted by atomic mass is 9.78. The molecular formula is C23H25F3N2O3. The maximum atomic E-state index is 13.4. The average Bonchev–Trinajstić information content (AvgIpc) is 3.11. The smallest absolute Gasteiger partial charge is 0.438 e. The summed E-state index contributed by atoms with van der Waals surface area (Å²) in [6.07, 6.45) is -5.60. The minimum absolute atomic E-state index is 0.0959. The van der Waals surface area contributed by atoms with Crippen molar-refractivity contribution in [2.75, 3.05) is 6.61 Å². The molecule has 0 saturated heterocycles. The number of nitrogens with zero attached hydrogens (tertiary/aromatic N) is 2. The SMILES string of the molecule is CCC1=NN(C(=O)COc2ccc(C(C)(C)c3ccccc3)cc2)[C@@](O)(C(F)(F)F)C1. The van der Waals surface area contributed by atoms with Crippen LogP contribution in [0.5, 0.6) is 5.75 Å². The third-order valence-corrected chi connectivity index (χ3v) is 5.57. The summed E-state index contributed by atoms with van der Waals surface area (Å²) in [4.78, 5) is 12.4. The van der Waals surface area contributed by atoms with Crippen LogP contribution in [0.1, 0.15) is 44.7 Å². The van der Waals surface area contributed by atoms with E-state index in [2.05, 4.69) is 18.9 Å². The van der Waals surface area contributed by atoms with Crippen LogP contribution >= 0.6 is 0 Å². The second kappa shape index (κ2) is 8.34. The molecule has 0 spiro atoms. The first kappa shape index (κ1) is 22.8. The summed E-state index contributed by atoms with van der Waals surface area (Å²) in [7, 11) is 0. The van der Waals surface area contributed by atoms with Crippen LogP contribution in [-0.2, 0) is 10.2 Å². The summed E-state index contributed by atoms with van der Waals surface area (Å²) in [6.45, 7) is 5.09. The highest BCUT2D eigenvalue weighted by atomic mass is 19.4. The first-order valence-electron chi connectivity index (χ1n) is 9.96. The zero-order valence-electron chi connectivity index (χ0n) is 17.6. The van der Waals surface area contributed by atoms with Crippen LogP contribution in [0, 0.1) is 0 Å². The number of hydrazone groups is 1. The van der Waals surface area contributed by atoms with Gasteiger partial charge in [0.2, 0.25) is 0 Å². The quantitative estimate of drug-likeness (QED) is 0.721. The molecule has 1 N–H and O–H groups in total. The van der Waals surface area contributed by atoms with Gasteiger partial charge in [0.1, 0.15) is 5.75 Å². The molecule has 1 amide bonds. The number of hydrogen-bond donors (Lipinski definition) is 1. The summed E-state index contributed by atoms with van der Waals surface area (Å²) in [6, 6.07) is 17.0. The summed E-state index contributed by atoms with van der Waals surface area (Å²) in [5.74, 6) is -0.743. The number of benzene rings is 2. The van der Waals surface area contributed by atoms with Gasteiger partial charge in [-0.3, -0.25) is 4.79 Å². The fourth-order valence-electron chi connectivity index (χ4n) is 3.49. The number of alkyl halides is 3. The average molecular weight is 434 g/mol. The molecule has 1 aliphatic rings. The Morgan fingerprint density at radius 1 is 1.10 bits per heavy atom. The molecule has 2 aromatic carbocycles. The van der Waals surface area contributed by atoms with Gasteiger partial charge in [0, 0.05) is 17.5 Å². The van der Waals surface area contributed by atoms with E-state index in [1.165, 1.54) is 0 Å². The number of amides is 1. The number of hydrogen-bond acceptors (Lipinski definition) is 4. The molecule has 0 aromatic heterocycles. The Bertz CT molecular complexity index is 956. The second-order valence-electron chi connectivity index (χ2n) is 8.02. The fraction of sp³-hybridized carbons (Fsp3) is 0.391. The zero-order valence-corrected chi connectivity index (χ0v) is 17.6. The van der Waals surface area contributed by atoms with Gasteiger partial charge in [0.25, 0.3) is 11.6 Å². The molecule has 0 aliphatic carbocycles. The van der Waals surface area contributed by atoms with E-state index in [0.717, 1.165) is 11.1 Å². The molecule has 0 unspecified atom stereocenters.